The maximum absolute atomic E-state index is 12.2. The minimum Gasteiger partial charge on any atom is -0.294 e. The molecule has 0 aliphatic carbocycles. The molecule has 0 saturated heterocycles. The van der Waals surface area contributed by atoms with Gasteiger partial charge in [0.15, 0.2) is 5.78 Å². The van der Waals surface area contributed by atoms with Crippen molar-refractivity contribution in [2.75, 3.05) is 0 Å². The van der Waals surface area contributed by atoms with E-state index in [4.69, 9.17) is 0 Å². The normalized spacial score (nSPS) is 10.7. The maximum atomic E-state index is 12.2. The second-order valence-corrected chi connectivity index (χ2v) is 5.83. The highest BCUT2D eigenvalue weighted by atomic mass is 79.9. The summed E-state index contributed by atoms with van der Waals surface area (Å²) in [5, 5.41) is 0. The number of Topliss-reactive ketones (excluding diaryl/α,β-unsaturated/α-hetero) is 1. The van der Waals surface area contributed by atoms with E-state index in [9.17, 15) is 4.79 Å². The van der Waals surface area contributed by atoms with E-state index < -0.39 is 0 Å². The third kappa shape index (κ3) is 3.54. The molecule has 0 aliphatic rings. The van der Waals surface area contributed by atoms with Gasteiger partial charge in [0.2, 0.25) is 0 Å². The molecule has 1 nitrogen and oxygen atoms in total. The molecule has 0 fully saturated rings. The van der Waals surface area contributed by atoms with Gasteiger partial charge in [0.1, 0.15) is 0 Å². The van der Waals surface area contributed by atoms with Gasteiger partial charge in [-0.2, -0.15) is 0 Å². The topological polar surface area (TPSA) is 17.1 Å². The molecule has 2 aromatic carbocycles. The summed E-state index contributed by atoms with van der Waals surface area (Å²) in [4.78, 5) is 12.2. The minimum atomic E-state index is 0.143. The molecular weight excluding hydrogens is 300 g/mol. The van der Waals surface area contributed by atoms with Crippen LogP contribution in [0.1, 0.15) is 41.3 Å². The van der Waals surface area contributed by atoms with E-state index in [1.807, 2.05) is 36.4 Å². The van der Waals surface area contributed by atoms with Crippen molar-refractivity contribution < 1.29 is 4.79 Å². The molecule has 0 bridgehead atoms. The molecule has 0 aliphatic heterocycles. The molecule has 0 aromatic heterocycles. The zero-order chi connectivity index (χ0) is 13.8. The van der Waals surface area contributed by atoms with E-state index >= 15 is 0 Å². The van der Waals surface area contributed by atoms with Gasteiger partial charge in [0.05, 0.1) is 0 Å². The first-order valence-electron chi connectivity index (χ1n) is 6.44. The monoisotopic (exact) mass is 316 g/mol. The first kappa shape index (κ1) is 14.0. The number of carbonyl (C=O) groups excluding carboxylic acids is 1. The van der Waals surface area contributed by atoms with Crippen molar-refractivity contribution in [2.45, 2.75) is 26.2 Å². The van der Waals surface area contributed by atoms with Gasteiger partial charge in [-0.3, -0.25) is 4.79 Å². The van der Waals surface area contributed by atoms with Gasteiger partial charge in [0.25, 0.3) is 0 Å². The Morgan fingerprint density at radius 3 is 2.26 bits per heavy atom. The van der Waals surface area contributed by atoms with Crippen molar-refractivity contribution in [1.29, 1.82) is 0 Å². The lowest BCUT2D eigenvalue weighted by Gasteiger charge is -2.07. The zero-order valence-corrected chi connectivity index (χ0v) is 12.8. The predicted octanol–water partition coefficient (Wildman–Crippen LogP) is 5.00. The number of halogens is 1. The zero-order valence-electron chi connectivity index (χ0n) is 11.2. The van der Waals surface area contributed by atoms with Crippen LogP contribution in [0, 0.1) is 0 Å². The number of carbonyl (C=O) groups is 1. The van der Waals surface area contributed by atoms with Crippen LogP contribution in [0.4, 0.5) is 0 Å². The van der Waals surface area contributed by atoms with Crippen LogP contribution in [-0.2, 0) is 6.42 Å². The Morgan fingerprint density at radius 1 is 1.05 bits per heavy atom. The van der Waals surface area contributed by atoms with E-state index in [-0.39, 0.29) is 5.78 Å². The van der Waals surface area contributed by atoms with Gasteiger partial charge >= 0.3 is 0 Å². The molecule has 0 amide bonds. The fourth-order valence-electron chi connectivity index (χ4n) is 1.99. The lowest BCUT2D eigenvalue weighted by Crippen LogP contribution is -2.04. The Morgan fingerprint density at radius 2 is 1.68 bits per heavy atom. The lowest BCUT2D eigenvalue weighted by atomic mass is 9.98. The van der Waals surface area contributed by atoms with Crippen molar-refractivity contribution in [2.24, 2.45) is 0 Å². The number of ketones is 1. The first-order valence-corrected chi connectivity index (χ1v) is 7.24. The molecule has 2 rings (SSSR count). The smallest absolute Gasteiger partial charge is 0.168 e. The average Bonchev–Trinajstić information content (AvgIpc) is 2.39. The maximum Gasteiger partial charge on any atom is 0.168 e. The summed E-state index contributed by atoms with van der Waals surface area (Å²) in [6, 6.07) is 15.9. The van der Waals surface area contributed by atoms with Gasteiger partial charge in [-0.05, 0) is 23.1 Å². The van der Waals surface area contributed by atoms with Crippen molar-refractivity contribution >= 4 is 21.7 Å². The minimum absolute atomic E-state index is 0.143. The first-order chi connectivity index (χ1) is 9.08. The second-order valence-electron chi connectivity index (χ2n) is 4.98. The van der Waals surface area contributed by atoms with Crippen LogP contribution in [0.15, 0.2) is 53.0 Å². The van der Waals surface area contributed by atoms with Crippen molar-refractivity contribution in [3.05, 3.63) is 69.7 Å². The third-order valence-corrected chi connectivity index (χ3v) is 3.88. The average molecular weight is 317 g/mol. The third-order valence-electron chi connectivity index (χ3n) is 3.19. The molecule has 2 heteroatoms. The highest BCUT2D eigenvalue weighted by Crippen LogP contribution is 2.19. The van der Waals surface area contributed by atoms with Crippen LogP contribution in [0.2, 0.25) is 0 Å². The molecule has 98 valence electrons. The highest BCUT2D eigenvalue weighted by Gasteiger charge is 2.10. The largest absolute Gasteiger partial charge is 0.294 e. The van der Waals surface area contributed by atoms with E-state index in [0.717, 1.165) is 15.6 Å². The quantitative estimate of drug-likeness (QED) is 0.725. The van der Waals surface area contributed by atoms with E-state index in [1.54, 1.807) is 0 Å². The van der Waals surface area contributed by atoms with Gasteiger partial charge in [-0.15, -0.1) is 0 Å². The van der Waals surface area contributed by atoms with E-state index in [2.05, 4.69) is 41.9 Å². The van der Waals surface area contributed by atoms with Crippen molar-refractivity contribution in [3.8, 4) is 0 Å². The summed E-state index contributed by atoms with van der Waals surface area (Å²) in [6.45, 7) is 4.34. The Balaban J connectivity index is 2.13. The predicted molar refractivity (Wildman–Crippen MR) is 82.7 cm³/mol. The Hall–Kier alpha value is -1.41. The molecule has 19 heavy (non-hydrogen) atoms. The van der Waals surface area contributed by atoms with E-state index in [0.29, 0.717) is 12.3 Å². The van der Waals surface area contributed by atoms with Crippen LogP contribution < -0.4 is 0 Å². The standard InChI is InChI=1S/C17H17BrO/c1-12(2)14-9-7-13(8-10-14)11-17(19)15-5-3-4-6-16(15)18/h3-10,12H,11H2,1-2H3. The van der Waals surface area contributed by atoms with Gasteiger partial charge in [-0.25, -0.2) is 0 Å². The highest BCUT2D eigenvalue weighted by molar-refractivity contribution is 9.10. The number of hydrogen-bond acceptors (Lipinski definition) is 1. The summed E-state index contributed by atoms with van der Waals surface area (Å²) >= 11 is 3.42. The van der Waals surface area contributed by atoms with Gasteiger partial charge in [-0.1, -0.05) is 72.2 Å². The van der Waals surface area contributed by atoms with Crippen LogP contribution in [0.25, 0.3) is 0 Å². The van der Waals surface area contributed by atoms with Crippen LogP contribution in [0.3, 0.4) is 0 Å². The van der Waals surface area contributed by atoms with Crippen molar-refractivity contribution in [3.63, 3.8) is 0 Å². The summed E-state index contributed by atoms with van der Waals surface area (Å²) in [5.74, 6) is 0.665. The molecule has 2 aromatic rings. The fourth-order valence-corrected chi connectivity index (χ4v) is 2.49. The molecular formula is C17H17BrO. The number of rotatable bonds is 4. The molecule has 0 atom stereocenters. The van der Waals surface area contributed by atoms with Crippen LogP contribution in [-0.4, -0.2) is 5.78 Å². The molecule has 0 heterocycles. The lowest BCUT2D eigenvalue weighted by molar-refractivity contribution is 0.0992. The van der Waals surface area contributed by atoms with Crippen molar-refractivity contribution in [1.82, 2.24) is 0 Å². The molecule has 0 N–H and O–H groups in total. The Bertz CT molecular complexity index is 570. The summed E-state index contributed by atoms with van der Waals surface area (Å²) in [5.41, 5.74) is 3.11. The summed E-state index contributed by atoms with van der Waals surface area (Å²) in [7, 11) is 0. The number of benzene rings is 2. The molecule has 0 saturated carbocycles. The Kier molecular flexibility index (Phi) is 4.54. The van der Waals surface area contributed by atoms with Gasteiger partial charge < -0.3 is 0 Å². The van der Waals surface area contributed by atoms with Crippen LogP contribution in [0.5, 0.6) is 0 Å². The summed E-state index contributed by atoms with van der Waals surface area (Å²) < 4.78 is 0.860. The Labute approximate surface area is 122 Å². The number of hydrogen-bond donors (Lipinski definition) is 0. The van der Waals surface area contributed by atoms with Crippen LogP contribution >= 0.6 is 15.9 Å². The molecule has 0 spiro atoms. The molecule has 0 unspecified atom stereocenters. The van der Waals surface area contributed by atoms with E-state index in [1.165, 1.54) is 5.56 Å². The SMILES string of the molecule is CC(C)c1ccc(CC(=O)c2ccccc2Br)cc1. The second kappa shape index (κ2) is 6.16. The fraction of sp³-hybridized carbons (Fsp3) is 0.235. The summed E-state index contributed by atoms with van der Waals surface area (Å²) in [6.07, 6.45) is 0.445. The van der Waals surface area contributed by atoms with Gasteiger partial charge in [0, 0.05) is 16.5 Å². The molecule has 0 radical (unpaired) electrons.